The van der Waals surface area contributed by atoms with Gasteiger partial charge in [0.25, 0.3) is 0 Å². The van der Waals surface area contributed by atoms with E-state index in [4.69, 9.17) is 10.8 Å². The molecule has 1 atom stereocenters. The van der Waals surface area contributed by atoms with Crippen LogP contribution in [0.5, 0.6) is 0 Å². The Morgan fingerprint density at radius 3 is 2.48 bits per heavy atom. The summed E-state index contributed by atoms with van der Waals surface area (Å²) in [6, 6.07) is 1.23. The Labute approximate surface area is 118 Å². The molecule has 0 radical (unpaired) electrons. The van der Waals surface area contributed by atoms with Crippen molar-refractivity contribution in [2.24, 2.45) is 5.73 Å². The number of alkyl halides is 3. The molecular weight excluding hydrogens is 289 g/mol. The van der Waals surface area contributed by atoms with Crippen LogP contribution in [0.2, 0.25) is 0 Å². The van der Waals surface area contributed by atoms with Crippen molar-refractivity contribution in [1.29, 1.82) is 0 Å². The Hall–Kier alpha value is -2.09. The molecule has 0 aliphatic carbocycles. The van der Waals surface area contributed by atoms with Gasteiger partial charge < -0.3 is 16.2 Å². The van der Waals surface area contributed by atoms with Crippen molar-refractivity contribution >= 4 is 17.6 Å². The Kier molecular flexibility index (Phi) is 5.31. The van der Waals surface area contributed by atoms with Gasteiger partial charge in [0, 0.05) is 0 Å². The zero-order valence-corrected chi connectivity index (χ0v) is 11.2. The zero-order valence-electron chi connectivity index (χ0n) is 11.2. The number of benzene rings is 1. The van der Waals surface area contributed by atoms with E-state index in [1.807, 2.05) is 6.92 Å². The predicted molar refractivity (Wildman–Crippen MR) is 69.9 cm³/mol. The Balaban J connectivity index is 3.08. The fourth-order valence-corrected chi connectivity index (χ4v) is 1.67. The predicted octanol–water partition coefficient (Wildman–Crippen LogP) is 2.47. The number of hydrogen-bond acceptors (Lipinski definition) is 3. The van der Waals surface area contributed by atoms with E-state index in [1.54, 1.807) is 0 Å². The molecule has 5 nitrogen and oxygen atoms in total. The average molecular weight is 304 g/mol. The molecule has 1 aromatic carbocycles. The third kappa shape index (κ3) is 4.45. The van der Waals surface area contributed by atoms with E-state index >= 15 is 0 Å². The first-order valence-electron chi connectivity index (χ1n) is 6.17. The van der Waals surface area contributed by atoms with Crippen LogP contribution in [0.3, 0.4) is 0 Å². The van der Waals surface area contributed by atoms with Crippen molar-refractivity contribution in [3.63, 3.8) is 0 Å². The van der Waals surface area contributed by atoms with E-state index < -0.39 is 35.2 Å². The summed E-state index contributed by atoms with van der Waals surface area (Å²) in [5.41, 5.74) is 3.61. The number of hydrogen-bond donors (Lipinski definition) is 3. The number of carbonyl (C=O) groups is 2. The number of nitrogens with two attached hydrogens (primary N) is 1. The topological polar surface area (TPSA) is 92.4 Å². The van der Waals surface area contributed by atoms with Crippen LogP contribution in [-0.4, -0.2) is 23.0 Å². The molecule has 0 heterocycles. The number of halogens is 3. The Morgan fingerprint density at radius 1 is 1.38 bits per heavy atom. The first kappa shape index (κ1) is 17.0. The van der Waals surface area contributed by atoms with Gasteiger partial charge in [-0.1, -0.05) is 13.3 Å². The molecule has 21 heavy (non-hydrogen) atoms. The normalized spacial score (nSPS) is 12.8. The first-order valence-corrected chi connectivity index (χ1v) is 6.17. The number of anilines is 1. The molecule has 0 saturated carbocycles. The Morgan fingerprint density at radius 2 is 2.00 bits per heavy atom. The van der Waals surface area contributed by atoms with Crippen molar-refractivity contribution in [3.05, 3.63) is 29.3 Å². The second-order valence-electron chi connectivity index (χ2n) is 4.45. The van der Waals surface area contributed by atoms with Crippen LogP contribution >= 0.6 is 0 Å². The summed E-state index contributed by atoms with van der Waals surface area (Å²) in [5.74, 6) is -2.21. The van der Waals surface area contributed by atoms with Gasteiger partial charge in [0.2, 0.25) is 5.91 Å². The molecule has 1 amide bonds. The molecule has 4 N–H and O–H groups in total. The van der Waals surface area contributed by atoms with Crippen LogP contribution in [0.4, 0.5) is 18.9 Å². The van der Waals surface area contributed by atoms with Crippen LogP contribution in [0.15, 0.2) is 18.2 Å². The Bertz CT molecular complexity index is 544. The summed E-state index contributed by atoms with van der Waals surface area (Å²) in [5, 5.41) is 11.2. The van der Waals surface area contributed by atoms with Crippen molar-refractivity contribution < 1.29 is 27.9 Å². The standard InChI is InChI=1S/C13H15F3N2O3/c1-2-3-9(17)11(19)18-10-5-4-7(13(14,15)16)6-8(10)12(20)21/h4-6,9H,2-3,17H2,1H3,(H,18,19)(H,20,21). The van der Waals surface area contributed by atoms with Gasteiger partial charge >= 0.3 is 12.1 Å². The van der Waals surface area contributed by atoms with Crippen LogP contribution in [0.25, 0.3) is 0 Å². The summed E-state index contributed by atoms with van der Waals surface area (Å²) in [4.78, 5) is 22.7. The molecule has 0 aliphatic rings. The minimum absolute atomic E-state index is 0.216. The molecule has 0 fully saturated rings. The molecule has 8 heteroatoms. The highest BCUT2D eigenvalue weighted by molar-refractivity contribution is 6.02. The van der Waals surface area contributed by atoms with Gasteiger partial charge in [0.15, 0.2) is 0 Å². The summed E-state index contributed by atoms with van der Waals surface area (Å²) in [7, 11) is 0. The fourth-order valence-electron chi connectivity index (χ4n) is 1.67. The summed E-state index contributed by atoms with van der Waals surface area (Å²) in [6.45, 7) is 1.81. The summed E-state index contributed by atoms with van der Waals surface area (Å²) >= 11 is 0. The van der Waals surface area contributed by atoms with E-state index in [0.717, 1.165) is 6.07 Å². The number of rotatable bonds is 5. The van der Waals surface area contributed by atoms with Crippen molar-refractivity contribution in [3.8, 4) is 0 Å². The van der Waals surface area contributed by atoms with E-state index in [9.17, 15) is 22.8 Å². The minimum atomic E-state index is -4.66. The number of carbonyl (C=O) groups excluding carboxylic acids is 1. The van der Waals surface area contributed by atoms with Crippen molar-refractivity contribution in [2.45, 2.75) is 32.0 Å². The van der Waals surface area contributed by atoms with Gasteiger partial charge in [0.05, 0.1) is 22.9 Å². The van der Waals surface area contributed by atoms with Crippen LogP contribution in [0, 0.1) is 0 Å². The number of nitrogens with one attached hydrogen (secondary N) is 1. The second kappa shape index (κ2) is 6.57. The monoisotopic (exact) mass is 304 g/mol. The molecule has 1 rings (SSSR count). The van der Waals surface area contributed by atoms with Gasteiger partial charge in [-0.05, 0) is 24.6 Å². The lowest BCUT2D eigenvalue weighted by Crippen LogP contribution is -2.35. The average Bonchev–Trinajstić information content (AvgIpc) is 2.37. The van der Waals surface area contributed by atoms with Gasteiger partial charge in [-0.25, -0.2) is 4.79 Å². The fraction of sp³-hybridized carbons (Fsp3) is 0.385. The number of amides is 1. The van der Waals surface area contributed by atoms with Crippen LogP contribution in [-0.2, 0) is 11.0 Å². The maximum atomic E-state index is 12.6. The largest absolute Gasteiger partial charge is 0.478 e. The molecule has 0 aliphatic heterocycles. The molecule has 0 saturated heterocycles. The van der Waals surface area contributed by atoms with E-state index in [2.05, 4.69) is 5.32 Å². The zero-order chi connectivity index (χ0) is 16.2. The van der Waals surface area contributed by atoms with Gasteiger partial charge in [-0.3, -0.25) is 4.79 Å². The first-order chi connectivity index (χ1) is 9.66. The van der Waals surface area contributed by atoms with Gasteiger partial charge in [-0.2, -0.15) is 13.2 Å². The number of aromatic carboxylic acids is 1. The van der Waals surface area contributed by atoms with E-state index in [0.29, 0.717) is 25.0 Å². The highest BCUT2D eigenvalue weighted by Gasteiger charge is 2.32. The number of carboxylic acid groups (broad SMARTS) is 1. The third-order valence-corrected chi connectivity index (χ3v) is 2.77. The highest BCUT2D eigenvalue weighted by Crippen LogP contribution is 2.32. The molecule has 1 aromatic rings. The third-order valence-electron chi connectivity index (χ3n) is 2.77. The molecular formula is C13H15F3N2O3. The minimum Gasteiger partial charge on any atom is -0.478 e. The van der Waals surface area contributed by atoms with E-state index in [-0.39, 0.29) is 5.69 Å². The summed E-state index contributed by atoms with van der Waals surface area (Å²) < 4.78 is 37.7. The highest BCUT2D eigenvalue weighted by atomic mass is 19.4. The van der Waals surface area contributed by atoms with Crippen LogP contribution < -0.4 is 11.1 Å². The van der Waals surface area contributed by atoms with E-state index in [1.165, 1.54) is 0 Å². The maximum Gasteiger partial charge on any atom is 0.416 e. The number of carboxylic acids is 1. The molecule has 1 unspecified atom stereocenters. The van der Waals surface area contributed by atoms with Crippen molar-refractivity contribution in [2.75, 3.05) is 5.32 Å². The lowest BCUT2D eigenvalue weighted by Gasteiger charge is -2.14. The maximum absolute atomic E-state index is 12.6. The lowest BCUT2D eigenvalue weighted by atomic mass is 10.1. The summed E-state index contributed by atoms with van der Waals surface area (Å²) in [6.07, 6.45) is -3.63. The lowest BCUT2D eigenvalue weighted by molar-refractivity contribution is -0.137. The molecule has 0 bridgehead atoms. The van der Waals surface area contributed by atoms with Gasteiger partial charge in [0.1, 0.15) is 0 Å². The van der Waals surface area contributed by atoms with Gasteiger partial charge in [-0.15, -0.1) is 0 Å². The molecule has 116 valence electrons. The molecule has 0 aromatic heterocycles. The van der Waals surface area contributed by atoms with Crippen molar-refractivity contribution in [1.82, 2.24) is 0 Å². The SMILES string of the molecule is CCCC(N)C(=O)Nc1ccc(C(F)(F)F)cc1C(=O)O. The second-order valence-corrected chi connectivity index (χ2v) is 4.45. The smallest absolute Gasteiger partial charge is 0.416 e. The van der Waals surface area contributed by atoms with Crippen LogP contribution in [0.1, 0.15) is 35.7 Å². The quantitative estimate of drug-likeness (QED) is 0.779. The molecule has 0 spiro atoms.